The number of nitrogens with zero attached hydrogens (tertiary/aromatic N) is 2. The number of hydrogen-bond acceptors (Lipinski definition) is 5. The summed E-state index contributed by atoms with van der Waals surface area (Å²) in [6.07, 6.45) is 3.91. The molecule has 0 amide bonds. The van der Waals surface area contributed by atoms with Crippen molar-refractivity contribution in [2.45, 2.75) is 44.0 Å². The van der Waals surface area contributed by atoms with Gasteiger partial charge in [-0.15, -0.1) is 0 Å². The summed E-state index contributed by atoms with van der Waals surface area (Å²) in [4.78, 5) is 4.12. The van der Waals surface area contributed by atoms with Gasteiger partial charge in [-0.25, -0.2) is 0 Å². The van der Waals surface area contributed by atoms with Crippen molar-refractivity contribution in [3.05, 3.63) is 11.7 Å². The molecule has 3 heterocycles. The van der Waals surface area contributed by atoms with Crippen LogP contribution in [0.4, 0.5) is 0 Å². The minimum Gasteiger partial charge on any atom is -0.387 e. The summed E-state index contributed by atoms with van der Waals surface area (Å²) in [5, 5.41) is 12.7. The monoisotopic (exact) mass is 196 g/mol. The molecule has 1 N–H and O–H groups in total. The van der Waals surface area contributed by atoms with Crippen LogP contribution in [0.25, 0.3) is 0 Å². The van der Waals surface area contributed by atoms with Crippen molar-refractivity contribution in [1.82, 2.24) is 10.1 Å². The zero-order chi connectivity index (χ0) is 9.54. The number of aromatic nitrogens is 2. The van der Waals surface area contributed by atoms with Gasteiger partial charge in [0.2, 0.25) is 0 Å². The van der Waals surface area contributed by atoms with Crippen molar-refractivity contribution >= 4 is 0 Å². The number of hydrogen-bond donors (Lipinski definition) is 1. The van der Waals surface area contributed by atoms with Gasteiger partial charge in [0.15, 0.2) is 5.82 Å². The van der Waals surface area contributed by atoms with Gasteiger partial charge >= 0.3 is 0 Å². The molecular formula is C9H12N2O3. The third-order valence-electron chi connectivity index (χ3n) is 3.06. The molecule has 0 spiro atoms. The predicted molar refractivity (Wildman–Crippen MR) is 45.5 cm³/mol. The van der Waals surface area contributed by atoms with Crippen LogP contribution in [0.1, 0.15) is 36.9 Å². The van der Waals surface area contributed by atoms with Gasteiger partial charge in [0.05, 0.1) is 18.1 Å². The molecule has 2 bridgehead atoms. The normalized spacial score (nSPS) is 35.4. The van der Waals surface area contributed by atoms with Gasteiger partial charge in [0.25, 0.3) is 5.89 Å². The summed E-state index contributed by atoms with van der Waals surface area (Å²) >= 11 is 0. The first-order valence-corrected chi connectivity index (χ1v) is 4.95. The molecule has 0 aliphatic carbocycles. The van der Waals surface area contributed by atoms with E-state index < -0.39 is 0 Å². The molecular weight excluding hydrogens is 184 g/mol. The second kappa shape index (κ2) is 3.03. The molecule has 1 aromatic rings. The Kier molecular flexibility index (Phi) is 1.81. The Balaban J connectivity index is 1.82. The molecule has 5 nitrogen and oxygen atoms in total. The summed E-state index contributed by atoms with van der Waals surface area (Å²) < 4.78 is 10.6. The van der Waals surface area contributed by atoms with Crippen molar-refractivity contribution in [3.63, 3.8) is 0 Å². The summed E-state index contributed by atoms with van der Waals surface area (Å²) in [5.41, 5.74) is 0. The van der Waals surface area contributed by atoms with Crippen molar-refractivity contribution in [2.75, 3.05) is 0 Å². The molecule has 2 fully saturated rings. The Hall–Kier alpha value is -0.940. The Morgan fingerprint density at radius 3 is 2.93 bits per heavy atom. The van der Waals surface area contributed by atoms with E-state index in [1.165, 1.54) is 0 Å². The lowest BCUT2D eigenvalue weighted by Gasteiger charge is -2.13. The molecule has 3 unspecified atom stereocenters. The van der Waals surface area contributed by atoms with Crippen molar-refractivity contribution in [1.29, 1.82) is 0 Å². The van der Waals surface area contributed by atoms with Crippen LogP contribution in [0.15, 0.2) is 4.52 Å². The standard InChI is InChI=1S/C9H12N2O3/c12-4-8-10-9(11-14-8)6-3-5-1-2-7(6)13-5/h5-7,12H,1-4H2. The van der Waals surface area contributed by atoms with Gasteiger partial charge in [-0.1, -0.05) is 5.16 Å². The van der Waals surface area contributed by atoms with E-state index in [4.69, 9.17) is 14.4 Å². The summed E-state index contributed by atoms with van der Waals surface area (Å²) in [6, 6.07) is 0. The Bertz CT molecular complexity index is 339. The molecule has 76 valence electrons. The van der Waals surface area contributed by atoms with Crippen LogP contribution < -0.4 is 0 Å². The molecule has 3 rings (SSSR count). The Morgan fingerprint density at radius 1 is 1.43 bits per heavy atom. The maximum atomic E-state index is 8.80. The lowest BCUT2D eigenvalue weighted by molar-refractivity contribution is 0.0996. The Morgan fingerprint density at radius 2 is 2.36 bits per heavy atom. The van der Waals surface area contributed by atoms with E-state index in [1.54, 1.807) is 0 Å². The number of rotatable bonds is 2. The molecule has 0 saturated carbocycles. The lowest BCUT2D eigenvalue weighted by Crippen LogP contribution is -2.15. The fraction of sp³-hybridized carbons (Fsp3) is 0.778. The van der Waals surface area contributed by atoms with Gasteiger partial charge in [-0.3, -0.25) is 0 Å². The highest BCUT2D eigenvalue weighted by Crippen LogP contribution is 2.43. The number of aliphatic hydroxyl groups is 1. The topological polar surface area (TPSA) is 68.4 Å². The van der Waals surface area contributed by atoms with Crippen molar-refractivity contribution in [3.8, 4) is 0 Å². The highest BCUT2D eigenvalue weighted by Gasteiger charge is 2.43. The molecule has 14 heavy (non-hydrogen) atoms. The van der Waals surface area contributed by atoms with Crippen LogP contribution in [0.2, 0.25) is 0 Å². The van der Waals surface area contributed by atoms with Crippen LogP contribution in [0.5, 0.6) is 0 Å². The van der Waals surface area contributed by atoms with Crippen LogP contribution >= 0.6 is 0 Å². The van der Waals surface area contributed by atoms with Gasteiger partial charge in [-0.2, -0.15) is 4.98 Å². The van der Waals surface area contributed by atoms with Crippen LogP contribution in [-0.4, -0.2) is 27.5 Å². The largest absolute Gasteiger partial charge is 0.387 e. The second-order valence-corrected chi connectivity index (χ2v) is 3.92. The molecule has 2 saturated heterocycles. The van der Waals surface area contributed by atoms with Crippen molar-refractivity contribution in [2.24, 2.45) is 0 Å². The fourth-order valence-electron chi connectivity index (χ4n) is 2.39. The summed E-state index contributed by atoms with van der Waals surface area (Å²) in [6.45, 7) is -0.186. The average Bonchev–Trinajstić information content (AvgIpc) is 2.93. The summed E-state index contributed by atoms with van der Waals surface area (Å²) in [7, 11) is 0. The SMILES string of the molecule is OCc1nc(C2CC3CCC2O3)no1. The van der Waals surface area contributed by atoms with E-state index in [1.807, 2.05) is 0 Å². The Labute approximate surface area is 81.1 Å². The van der Waals surface area contributed by atoms with Crippen LogP contribution in [-0.2, 0) is 11.3 Å². The van der Waals surface area contributed by atoms with Gasteiger partial charge in [-0.05, 0) is 19.3 Å². The minimum absolute atomic E-state index is 0.186. The van der Waals surface area contributed by atoms with E-state index >= 15 is 0 Å². The smallest absolute Gasteiger partial charge is 0.252 e. The first-order valence-electron chi connectivity index (χ1n) is 4.95. The molecule has 0 radical (unpaired) electrons. The second-order valence-electron chi connectivity index (χ2n) is 3.92. The zero-order valence-corrected chi connectivity index (χ0v) is 7.72. The van der Waals surface area contributed by atoms with E-state index in [9.17, 15) is 0 Å². The average molecular weight is 196 g/mol. The zero-order valence-electron chi connectivity index (χ0n) is 7.72. The summed E-state index contributed by atoms with van der Waals surface area (Å²) in [5.74, 6) is 1.27. The van der Waals surface area contributed by atoms with Crippen LogP contribution in [0.3, 0.4) is 0 Å². The third-order valence-corrected chi connectivity index (χ3v) is 3.06. The number of ether oxygens (including phenoxy) is 1. The third kappa shape index (κ3) is 1.16. The maximum Gasteiger partial charge on any atom is 0.252 e. The first kappa shape index (κ1) is 8.38. The highest BCUT2D eigenvalue weighted by molar-refractivity contribution is 5.06. The van der Waals surface area contributed by atoms with E-state index in [0.29, 0.717) is 17.8 Å². The van der Waals surface area contributed by atoms with Gasteiger partial charge in [0.1, 0.15) is 6.61 Å². The fourth-order valence-corrected chi connectivity index (χ4v) is 2.39. The lowest BCUT2D eigenvalue weighted by atomic mass is 9.89. The molecule has 2 aliphatic heterocycles. The van der Waals surface area contributed by atoms with Crippen LogP contribution in [0, 0.1) is 0 Å². The molecule has 0 aromatic carbocycles. The first-order chi connectivity index (χ1) is 6.86. The van der Waals surface area contributed by atoms with E-state index in [2.05, 4.69) is 10.1 Å². The van der Waals surface area contributed by atoms with E-state index in [-0.39, 0.29) is 18.6 Å². The van der Waals surface area contributed by atoms with Gasteiger partial charge in [0, 0.05) is 0 Å². The van der Waals surface area contributed by atoms with E-state index in [0.717, 1.165) is 19.3 Å². The molecule has 1 aromatic heterocycles. The predicted octanol–water partition coefficient (Wildman–Crippen LogP) is 0.597. The van der Waals surface area contributed by atoms with Gasteiger partial charge < -0.3 is 14.4 Å². The minimum atomic E-state index is -0.186. The van der Waals surface area contributed by atoms with Crippen molar-refractivity contribution < 1.29 is 14.4 Å². The number of fused-ring (bicyclic) bond motifs is 2. The number of aliphatic hydroxyl groups excluding tert-OH is 1. The highest BCUT2D eigenvalue weighted by atomic mass is 16.5. The molecule has 3 atom stereocenters. The molecule has 5 heteroatoms. The quantitative estimate of drug-likeness (QED) is 0.750. The maximum absolute atomic E-state index is 8.80. The molecule has 2 aliphatic rings.